The lowest BCUT2D eigenvalue weighted by atomic mass is 10.0. The quantitative estimate of drug-likeness (QED) is 0.878. The largest absolute Gasteiger partial charge is 0.493 e. The zero-order valence-electron chi connectivity index (χ0n) is 14.4. The minimum atomic E-state index is -0.248. The predicted molar refractivity (Wildman–Crippen MR) is 97.5 cm³/mol. The Labute approximate surface area is 150 Å². The van der Waals surface area contributed by atoms with Crippen LogP contribution < -0.4 is 20.9 Å². The van der Waals surface area contributed by atoms with Crippen LogP contribution in [0.1, 0.15) is 16.7 Å². The number of hydrogen-bond donors (Lipinski definition) is 2. The van der Waals surface area contributed by atoms with Crippen molar-refractivity contribution in [3.8, 4) is 5.75 Å². The van der Waals surface area contributed by atoms with Crippen molar-refractivity contribution in [3.05, 3.63) is 69.5 Å². The molecule has 0 saturated carbocycles. The number of aryl methyl sites for hydroxylation is 1. The highest BCUT2D eigenvalue weighted by molar-refractivity contribution is 5.86. The van der Waals surface area contributed by atoms with Crippen molar-refractivity contribution in [1.82, 2.24) is 15.2 Å². The van der Waals surface area contributed by atoms with Crippen molar-refractivity contribution in [2.45, 2.75) is 13.0 Å². The number of aliphatic imine (C=N–C) groups is 1. The van der Waals surface area contributed by atoms with Gasteiger partial charge in [-0.3, -0.25) is 4.79 Å². The molecule has 2 aromatic rings. The van der Waals surface area contributed by atoms with E-state index in [1.54, 1.807) is 31.6 Å². The second kappa shape index (κ2) is 6.67. The Kier molecular flexibility index (Phi) is 4.20. The molecule has 3 heterocycles. The molecule has 6 nitrogen and oxygen atoms in total. The van der Waals surface area contributed by atoms with Gasteiger partial charge in [-0.15, -0.1) is 0 Å². The van der Waals surface area contributed by atoms with E-state index in [0.717, 1.165) is 16.9 Å². The average molecular weight is 354 g/mol. The first-order chi connectivity index (χ1) is 12.6. The first-order valence-corrected chi connectivity index (χ1v) is 8.46. The summed E-state index contributed by atoms with van der Waals surface area (Å²) in [4.78, 5) is 16.6. The maximum absolute atomic E-state index is 14.2. The fraction of sp³-hybridized carbons (Fsp3) is 0.263. The standard InChI is InChI=1S/C19H19FN4O2/c1-24-7-2-3-13(18(24)25)12-9-21-19(22-10-12)23-11-15-14-6-8-26-17(14)5-4-16(15)20/h2-5,7,9H,6,8,10-11H2,1H3,(H2,21,22,23). The molecule has 0 radical (unpaired) electrons. The first-order valence-electron chi connectivity index (χ1n) is 8.46. The second-order valence-corrected chi connectivity index (χ2v) is 6.27. The molecule has 26 heavy (non-hydrogen) atoms. The van der Waals surface area contributed by atoms with Crippen LogP contribution in [0.15, 0.2) is 46.4 Å². The minimum absolute atomic E-state index is 0.0610. The van der Waals surface area contributed by atoms with Gasteiger partial charge in [-0.1, -0.05) is 0 Å². The molecule has 0 amide bonds. The van der Waals surface area contributed by atoms with Crippen molar-refractivity contribution in [1.29, 1.82) is 0 Å². The van der Waals surface area contributed by atoms with Gasteiger partial charge in [0.2, 0.25) is 0 Å². The van der Waals surface area contributed by atoms with Crippen LogP contribution in [0.5, 0.6) is 5.75 Å². The molecule has 0 fully saturated rings. The van der Waals surface area contributed by atoms with Crippen molar-refractivity contribution in [3.63, 3.8) is 0 Å². The molecule has 0 bridgehead atoms. The lowest BCUT2D eigenvalue weighted by Crippen LogP contribution is -2.37. The van der Waals surface area contributed by atoms with Crippen LogP contribution >= 0.6 is 0 Å². The Balaban J connectivity index is 1.45. The molecule has 0 aliphatic carbocycles. The van der Waals surface area contributed by atoms with E-state index in [9.17, 15) is 9.18 Å². The van der Waals surface area contributed by atoms with E-state index in [1.807, 2.05) is 6.07 Å². The van der Waals surface area contributed by atoms with Crippen LogP contribution in [-0.2, 0) is 20.0 Å². The lowest BCUT2D eigenvalue weighted by molar-refractivity contribution is 0.356. The van der Waals surface area contributed by atoms with Gasteiger partial charge >= 0.3 is 0 Å². The van der Waals surface area contributed by atoms with Crippen LogP contribution in [0, 0.1) is 5.82 Å². The number of fused-ring (bicyclic) bond motifs is 1. The molecular weight excluding hydrogens is 335 g/mol. The van der Waals surface area contributed by atoms with Gasteiger partial charge in [-0.25, -0.2) is 9.38 Å². The zero-order chi connectivity index (χ0) is 18.1. The molecule has 2 aliphatic heterocycles. The second-order valence-electron chi connectivity index (χ2n) is 6.27. The number of hydrogen-bond acceptors (Lipinski definition) is 5. The topological polar surface area (TPSA) is 67.7 Å². The fourth-order valence-corrected chi connectivity index (χ4v) is 3.20. The number of ether oxygens (including phenoxy) is 1. The fourth-order valence-electron chi connectivity index (χ4n) is 3.20. The van der Waals surface area contributed by atoms with Crippen LogP contribution in [0.2, 0.25) is 0 Å². The van der Waals surface area contributed by atoms with Gasteiger partial charge in [0, 0.05) is 54.7 Å². The van der Waals surface area contributed by atoms with Gasteiger partial charge in [0.15, 0.2) is 5.96 Å². The van der Waals surface area contributed by atoms with Crippen LogP contribution in [-0.4, -0.2) is 23.7 Å². The molecule has 1 aromatic heterocycles. The van der Waals surface area contributed by atoms with Crippen LogP contribution in [0.4, 0.5) is 4.39 Å². The highest BCUT2D eigenvalue weighted by atomic mass is 19.1. The van der Waals surface area contributed by atoms with Gasteiger partial charge in [0.1, 0.15) is 11.6 Å². The molecule has 0 spiro atoms. The summed E-state index contributed by atoms with van der Waals surface area (Å²) in [5, 5.41) is 6.17. The molecule has 0 atom stereocenters. The van der Waals surface area contributed by atoms with Gasteiger partial charge < -0.3 is 19.9 Å². The summed E-state index contributed by atoms with van der Waals surface area (Å²) in [6.07, 6.45) is 4.20. The summed E-state index contributed by atoms with van der Waals surface area (Å²) in [6.45, 7) is 1.29. The molecule has 7 heteroatoms. The SMILES string of the molecule is Cn1cccc(C2=CNC(NCc3c(F)ccc4c3CCO4)=NC2)c1=O. The monoisotopic (exact) mass is 354 g/mol. The Bertz CT molecular complexity index is 978. The van der Waals surface area contributed by atoms with E-state index < -0.39 is 0 Å². The third-order valence-electron chi connectivity index (χ3n) is 4.63. The molecule has 1 aromatic carbocycles. The van der Waals surface area contributed by atoms with Crippen molar-refractivity contribution in [2.75, 3.05) is 13.2 Å². The number of nitrogens with one attached hydrogen (secondary N) is 2. The van der Waals surface area contributed by atoms with Gasteiger partial charge in [-0.05, 0) is 24.3 Å². The van der Waals surface area contributed by atoms with E-state index in [1.165, 1.54) is 10.6 Å². The average Bonchev–Trinajstić information content (AvgIpc) is 3.13. The van der Waals surface area contributed by atoms with E-state index in [2.05, 4.69) is 15.6 Å². The number of halogens is 1. The van der Waals surface area contributed by atoms with E-state index in [0.29, 0.717) is 43.2 Å². The third-order valence-corrected chi connectivity index (χ3v) is 4.63. The van der Waals surface area contributed by atoms with E-state index in [4.69, 9.17) is 4.74 Å². The summed E-state index contributed by atoms with van der Waals surface area (Å²) in [5.41, 5.74) is 2.90. The Morgan fingerprint density at radius 1 is 1.38 bits per heavy atom. The molecular formula is C19H19FN4O2. The summed E-state index contributed by atoms with van der Waals surface area (Å²) < 4.78 is 21.2. The molecule has 2 N–H and O–H groups in total. The highest BCUT2D eigenvalue weighted by Gasteiger charge is 2.20. The molecule has 4 rings (SSSR count). The summed E-state index contributed by atoms with van der Waals surface area (Å²) in [5.74, 6) is 1.06. The van der Waals surface area contributed by atoms with Gasteiger partial charge in [0.05, 0.1) is 13.2 Å². The Morgan fingerprint density at radius 3 is 3.08 bits per heavy atom. The maximum atomic E-state index is 14.2. The zero-order valence-corrected chi connectivity index (χ0v) is 14.4. The minimum Gasteiger partial charge on any atom is -0.493 e. The summed E-state index contributed by atoms with van der Waals surface area (Å²) in [7, 11) is 1.72. The highest BCUT2D eigenvalue weighted by Crippen LogP contribution is 2.30. The predicted octanol–water partition coefficient (Wildman–Crippen LogP) is 1.55. The number of pyridine rings is 1. The normalized spacial score (nSPS) is 15.5. The number of aromatic nitrogens is 1. The first kappa shape index (κ1) is 16.4. The van der Waals surface area contributed by atoms with Gasteiger partial charge in [-0.2, -0.15) is 0 Å². The number of guanidine groups is 1. The molecule has 2 aliphatic rings. The summed E-state index contributed by atoms with van der Waals surface area (Å²) >= 11 is 0. The smallest absolute Gasteiger partial charge is 0.257 e. The number of nitrogens with zero attached hydrogens (tertiary/aromatic N) is 2. The molecule has 0 saturated heterocycles. The number of rotatable bonds is 3. The molecule has 0 unspecified atom stereocenters. The van der Waals surface area contributed by atoms with Crippen molar-refractivity contribution < 1.29 is 9.13 Å². The Hall–Kier alpha value is -3.09. The maximum Gasteiger partial charge on any atom is 0.257 e. The molecule has 134 valence electrons. The van der Waals surface area contributed by atoms with E-state index in [-0.39, 0.29) is 11.4 Å². The third kappa shape index (κ3) is 2.96. The Morgan fingerprint density at radius 2 is 2.27 bits per heavy atom. The number of benzene rings is 1. The lowest BCUT2D eigenvalue weighted by Gasteiger charge is -2.17. The summed E-state index contributed by atoms with van der Waals surface area (Å²) in [6, 6.07) is 6.72. The van der Waals surface area contributed by atoms with Crippen LogP contribution in [0.3, 0.4) is 0 Å². The van der Waals surface area contributed by atoms with E-state index >= 15 is 0 Å². The van der Waals surface area contributed by atoms with Gasteiger partial charge in [0.25, 0.3) is 5.56 Å². The van der Waals surface area contributed by atoms with Crippen molar-refractivity contribution in [2.24, 2.45) is 12.0 Å². The van der Waals surface area contributed by atoms with Crippen molar-refractivity contribution >= 4 is 11.5 Å². The van der Waals surface area contributed by atoms with Crippen LogP contribution in [0.25, 0.3) is 5.57 Å².